The Morgan fingerprint density at radius 2 is 1.79 bits per heavy atom. The van der Waals surface area contributed by atoms with Crippen molar-refractivity contribution in [2.24, 2.45) is 0 Å². The first kappa shape index (κ1) is 16.2. The zero-order valence-electron chi connectivity index (χ0n) is 13.5. The molecule has 2 aromatic carbocycles. The van der Waals surface area contributed by atoms with Gasteiger partial charge in [-0.2, -0.15) is 0 Å². The topological polar surface area (TPSA) is 51.2 Å². The molecule has 0 atom stereocenters. The van der Waals surface area contributed by atoms with E-state index in [4.69, 9.17) is 4.74 Å². The second kappa shape index (κ2) is 7.27. The van der Waals surface area contributed by atoms with Crippen molar-refractivity contribution < 1.29 is 9.53 Å². The Balaban J connectivity index is 1.72. The van der Waals surface area contributed by atoms with Crippen molar-refractivity contribution >= 4 is 22.9 Å². The normalized spacial score (nSPS) is 10.6. The first-order valence-corrected chi connectivity index (χ1v) is 8.59. The maximum atomic E-state index is 12.2. The summed E-state index contributed by atoms with van der Waals surface area (Å²) in [7, 11) is 0. The van der Waals surface area contributed by atoms with Crippen LogP contribution in [-0.2, 0) is 0 Å². The predicted molar refractivity (Wildman–Crippen MR) is 97.7 cm³/mol. The van der Waals surface area contributed by atoms with Gasteiger partial charge in [-0.15, -0.1) is 11.3 Å². The van der Waals surface area contributed by atoms with E-state index < -0.39 is 0 Å². The third-order valence-electron chi connectivity index (χ3n) is 3.24. The van der Waals surface area contributed by atoms with E-state index in [9.17, 15) is 4.79 Å². The first-order valence-electron chi connectivity index (χ1n) is 7.71. The number of nitrogens with one attached hydrogen (secondary N) is 1. The zero-order valence-corrected chi connectivity index (χ0v) is 14.3. The molecule has 0 bridgehead atoms. The van der Waals surface area contributed by atoms with Crippen LogP contribution in [-0.4, -0.2) is 17.0 Å². The van der Waals surface area contributed by atoms with Crippen molar-refractivity contribution in [3.05, 3.63) is 65.7 Å². The molecule has 1 heterocycles. The summed E-state index contributed by atoms with van der Waals surface area (Å²) in [6.45, 7) is 3.98. The lowest BCUT2D eigenvalue weighted by Crippen LogP contribution is -2.12. The number of amides is 1. The third kappa shape index (κ3) is 4.00. The van der Waals surface area contributed by atoms with Crippen molar-refractivity contribution in [1.82, 2.24) is 4.98 Å². The SMILES string of the molecule is CC(C)Oc1ccc(-c2nc(C(=O)Nc3ccccc3)cs2)cc1. The molecule has 122 valence electrons. The van der Waals surface area contributed by atoms with Crippen LogP contribution in [0.2, 0.25) is 0 Å². The standard InChI is InChI=1S/C19H18N2O2S/c1-13(2)23-16-10-8-14(9-11-16)19-21-17(12-24-19)18(22)20-15-6-4-3-5-7-15/h3-13H,1-2H3,(H,20,22). The van der Waals surface area contributed by atoms with Gasteiger partial charge < -0.3 is 10.1 Å². The van der Waals surface area contributed by atoms with E-state index in [2.05, 4.69) is 10.3 Å². The van der Waals surface area contributed by atoms with Gasteiger partial charge in [0.25, 0.3) is 5.91 Å². The summed E-state index contributed by atoms with van der Waals surface area (Å²) < 4.78 is 5.63. The van der Waals surface area contributed by atoms with Crippen molar-refractivity contribution in [1.29, 1.82) is 0 Å². The van der Waals surface area contributed by atoms with Crippen molar-refractivity contribution in [2.45, 2.75) is 20.0 Å². The number of benzene rings is 2. The molecule has 3 rings (SSSR count). The quantitative estimate of drug-likeness (QED) is 0.723. The number of aromatic nitrogens is 1. The van der Waals surface area contributed by atoms with Gasteiger partial charge in [-0.3, -0.25) is 4.79 Å². The molecule has 0 aliphatic heterocycles. The van der Waals surface area contributed by atoms with Gasteiger partial charge in [-0.1, -0.05) is 18.2 Å². The van der Waals surface area contributed by atoms with Crippen LogP contribution in [0, 0.1) is 0 Å². The highest BCUT2D eigenvalue weighted by molar-refractivity contribution is 7.13. The highest BCUT2D eigenvalue weighted by atomic mass is 32.1. The summed E-state index contributed by atoms with van der Waals surface area (Å²) in [5, 5.41) is 5.42. The molecule has 1 N–H and O–H groups in total. The van der Waals surface area contributed by atoms with Gasteiger partial charge in [0, 0.05) is 16.6 Å². The maximum Gasteiger partial charge on any atom is 0.275 e. The average Bonchev–Trinajstić information content (AvgIpc) is 3.06. The van der Waals surface area contributed by atoms with Gasteiger partial charge in [0.1, 0.15) is 16.5 Å². The van der Waals surface area contributed by atoms with E-state index in [1.165, 1.54) is 11.3 Å². The van der Waals surface area contributed by atoms with Crippen LogP contribution in [0.25, 0.3) is 10.6 Å². The van der Waals surface area contributed by atoms with Gasteiger partial charge in [0.2, 0.25) is 0 Å². The summed E-state index contributed by atoms with van der Waals surface area (Å²) in [4.78, 5) is 16.7. The minimum Gasteiger partial charge on any atom is -0.491 e. The Labute approximate surface area is 145 Å². The smallest absolute Gasteiger partial charge is 0.275 e. The number of carbonyl (C=O) groups is 1. The minimum atomic E-state index is -0.205. The van der Waals surface area contributed by atoms with Gasteiger partial charge in [0.05, 0.1) is 6.10 Å². The molecule has 0 spiro atoms. The monoisotopic (exact) mass is 338 g/mol. The van der Waals surface area contributed by atoms with Crippen LogP contribution in [0.3, 0.4) is 0 Å². The summed E-state index contributed by atoms with van der Waals surface area (Å²) in [6, 6.07) is 17.1. The van der Waals surface area contributed by atoms with E-state index in [0.717, 1.165) is 22.0 Å². The van der Waals surface area contributed by atoms with E-state index in [0.29, 0.717) is 5.69 Å². The Kier molecular flexibility index (Phi) is 4.91. The molecule has 0 saturated heterocycles. The van der Waals surface area contributed by atoms with Gasteiger partial charge in [-0.25, -0.2) is 4.98 Å². The fourth-order valence-electron chi connectivity index (χ4n) is 2.18. The Morgan fingerprint density at radius 3 is 2.46 bits per heavy atom. The molecule has 1 amide bonds. The minimum absolute atomic E-state index is 0.143. The van der Waals surface area contributed by atoms with Crippen LogP contribution in [0.5, 0.6) is 5.75 Å². The Bertz CT molecular complexity index is 811. The molecule has 4 nitrogen and oxygen atoms in total. The lowest BCUT2D eigenvalue weighted by Gasteiger charge is -2.09. The number of para-hydroxylation sites is 1. The number of nitrogens with zero attached hydrogens (tertiary/aromatic N) is 1. The van der Waals surface area contributed by atoms with Gasteiger partial charge in [0.15, 0.2) is 0 Å². The van der Waals surface area contributed by atoms with E-state index in [-0.39, 0.29) is 12.0 Å². The molecular formula is C19H18N2O2S. The Hall–Kier alpha value is -2.66. The van der Waals surface area contributed by atoms with Crippen LogP contribution in [0.15, 0.2) is 60.0 Å². The number of hydrogen-bond donors (Lipinski definition) is 1. The summed E-state index contributed by atoms with van der Waals surface area (Å²) in [6.07, 6.45) is 0.143. The predicted octanol–water partition coefficient (Wildman–Crippen LogP) is 4.85. The molecule has 0 unspecified atom stereocenters. The second-order valence-corrected chi connectivity index (χ2v) is 6.41. The number of carbonyl (C=O) groups excluding carboxylic acids is 1. The van der Waals surface area contributed by atoms with Crippen LogP contribution < -0.4 is 10.1 Å². The molecule has 1 aromatic heterocycles. The zero-order chi connectivity index (χ0) is 16.9. The van der Waals surface area contributed by atoms with Crippen molar-refractivity contribution in [3.63, 3.8) is 0 Å². The highest BCUT2D eigenvalue weighted by Gasteiger charge is 2.12. The largest absolute Gasteiger partial charge is 0.491 e. The fourth-order valence-corrected chi connectivity index (χ4v) is 2.98. The molecule has 5 heteroatoms. The molecule has 3 aromatic rings. The average molecular weight is 338 g/mol. The van der Waals surface area contributed by atoms with Gasteiger partial charge >= 0.3 is 0 Å². The van der Waals surface area contributed by atoms with Gasteiger partial charge in [-0.05, 0) is 50.2 Å². The first-order chi connectivity index (χ1) is 11.6. The number of anilines is 1. The summed E-state index contributed by atoms with van der Waals surface area (Å²) in [5.41, 5.74) is 2.14. The molecule has 0 aliphatic rings. The second-order valence-electron chi connectivity index (χ2n) is 5.55. The third-order valence-corrected chi connectivity index (χ3v) is 4.13. The Morgan fingerprint density at radius 1 is 1.08 bits per heavy atom. The summed E-state index contributed by atoms with van der Waals surface area (Å²) >= 11 is 1.45. The maximum absolute atomic E-state index is 12.2. The summed E-state index contributed by atoms with van der Waals surface area (Å²) in [5.74, 6) is 0.621. The van der Waals surface area contributed by atoms with Crippen LogP contribution in [0.4, 0.5) is 5.69 Å². The fraction of sp³-hybridized carbons (Fsp3) is 0.158. The van der Waals surface area contributed by atoms with Crippen LogP contribution in [0.1, 0.15) is 24.3 Å². The molecule has 0 saturated carbocycles. The number of rotatable bonds is 5. The molecule has 0 fully saturated rings. The lowest BCUT2D eigenvalue weighted by atomic mass is 10.2. The van der Waals surface area contributed by atoms with E-state index >= 15 is 0 Å². The van der Waals surface area contributed by atoms with E-state index in [1.807, 2.05) is 68.4 Å². The number of ether oxygens (including phenoxy) is 1. The van der Waals surface area contributed by atoms with E-state index in [1.54, 1.807) is 5.38 Å². The van der Waals surface area contributed by atoms with Crippen molar-refractivity contribution in [2.75, 3.05) is 5.32 Å². The lowest BCUT2D eigenvalue weighted by molar-refractivity contribution is 0.102. The molecule has 24 heavy (non-hydrogen) atoms. The molecule has 0 aliphatic carbocycles. The number of thiazole rings is 1. The highest BCUT2D eigenvalue weighted by Crippen LogP contribution is 2.26. The van der Waals surface area contributed by atoms with Crippen molar-refractivity contribution in [3.8, 4) is 16.3 Å². The molecular weight excluding hydrogens is 320 g/mol. The van der Waals surface area contributed by atoms with Crippen LogP contribution >= 0.6 is 11.3 Å². The number of hydrogen-bond acceptors (Lipinski definition) is 4. The molecule has 0 radical (unpaired) electrons.